The van der Waals surface area contributed by atoms with Gasteiger partial charge in [-0.2, -0.15) is 0 Å². The molecule has 2 aromatic carbocycles. The van der Waals surface area contributed by atoms with Gasteiger partial charge >= 0.3 is 11.8 Å². The maximum Gasteiger partial charge on any atom is 0.313 e. The SMILES string of the molecule is NCCNC(=O)C(=O)Nc1ccccc1-c1ccccc1. The van der Waals surface area contributed by atoms with E-state index < -0.39 is 11.8 Å². The van der Waals surface area contributed by atoms with Gasteiger partial charge in [-0.3, -0.25) is 9.59 Å². The topological polar surface area (TPSA) is 84.2 Å². The highest BCUT2D eigenvalue weighted by Gasteiger charge is 2.14. The Morgan fingerprint density at radius 3 is 2.29 bits per heavy atom. The fourth-order valence-corrected chi connectivity index (χ4v) is 1.91. The van der Waals surface area contributed by atoms with Crippen LogP contribution in [0.25, 0.3) is 11.1 Å². The van der Waals surface area contributed by atoms with Gasteiger partial charge in [0.05, 0.1) is 0 Å². The summed E-state index contributed by atoms with van der Waals surface area (Å²) in [6.45, 7) is 0.562. The number of nitrogens with one attached hydrogen (secondary N) is 2. The molecule has 0 spiro atoms. The van der Waals surface area contributed by atoms with Gasteiger partial charge in [-0.05, 0) is 11.6 Å². The van der Waals surface area contributed by atoms with Crippen molar-refractivity contribution < 1.29 is 9.59 Å². The third-order valence-electron chi connectivity index (χ3n) is 2.90. The summed E-state index contributed by atoms with van der Waals surface area (Å²) < 4.78 is 0. The summed E-state index contributed by atoms with van der Waals surface area (Å²) in [5.41, 5.74) is 7.70. The number of benzene rings is 2. The smallest absolute Gasteiger partial charge is 0.313 e. The summed E-state index contributed by atoms with van der Waals surface area (Å²) in [5, 5.41) is 5.06. The van der Waals surface area contributed by atoms with Crippen LogP contribution in [0, 0.1) is 0 Å². The normalized spacial score (nSPS) is 9.95. The molecule has 0 aliphatic heterocycles. The van der Waals surface area contributed by atoms with Crippen molar-refractivity contribution in [2.24, 2.45) is 5.73 Å². The van der Waals surface area contributed by atoms with Crippen LogP contribution in [0.1, 0.15) is 0 Å². The second-order valence-electron chi connectivity index (χ2n) is 4.41. The van der Waals surface area contributed by atoms with Crippen molar-refractivity contribution in [1.29, 1.82) is 0 Å². The lowest BCUT2D eigenvalue weighted by atomic mass is 10.0. The Morgan fingerprint density at radius 1 is 0.905 bits per heavy atom. The van der Waals surface area contributed by atoms with Crippen LogP contribution in [0.3, 0.4) is 0 Å². The molecule has 0 fully saturated rings. The first-order chi connectivity index (χ1) is 10.2. The highest BCUT2D eigenvalue weighted by molar-refractivity contribution is 6.39. The Labute approximate surface area is 123 Å². The van der Waals surface area contributed by atoms with Crippen molar-refractivity contribution in [2.45, 2.75) is 0 Å². The van der Waals surface area contributed by atoms with Crippen molar-refractivity contribution >= 4 is 17.5 Å². The molecule has 2 rings (SSSR count). The van der Waals surface area contributed by atoms with E-state index in [2.05, 4.69) is 10.6 Å². The molecule has 21 heavy (non-hydrogen) atoms. The maximum absolute atomic E-state index is 11.8. The lowest BCUT2D eigenvalue weighted by Gasteiger charge is -2.11. The molecule has 5 nitrogen and oxygen atoms in total. The molecule has 0 bridgehead atoms. The van der Waals surface area contributed by atoms with E-state index >= 15 is 0 Å². The molecular weight excluding hydrogens is 266 g/mol. The van der Waals surface area contributed by atoms with Crippen LogP contribution >= 0.6 is 0 Å². The second-order valence-corrected chi connectivity index (χ2v) is 4.41. The summed E-state index contributed by atoms with van der Waals surface area (Å²) in [7, 11) is 0. The average molecular weight is 283 g/mol. The second kappa shape index (κ2) is 7.21. The molecule has 0 heterocycles. The number of rotatable bonds is 4. The molecule has 2 aromatic rings. The third-order valence-corrected chi connectivity index (χ3v) is 2.90. The van der Waals surface area contributed by atoms with Gasteiger partial charge in [-0.25, -0.2) is 0 Å². The first-order valence-electron chi connectivity index (χ1n) is 6.66. The number of hydrogen-bond donors (Lipinski definition) is 3. The lowest BCUT2D eigenvalue weighted by molar-refractivity contribution is -0.136. The number of carbonyl (C=O) groups excluding carboxylic acids is 2. The monoisotopic (exact) mass is 283 g/mol. The third kappa shape index (κ3) is 3.90. The summed E-state index contributed by atoms with van der Waals surface area (Å²) in [6.07, 6.45) is 0. The van der Waals surface area contributed by atoms with Crippen molar-refractivity contribution in [3.63, 3.8) is 0 Å². The van der Waals surface area contributed by atoms with Crippen molar-refractivity contribution in [3.05, 3.63) is 54.6 Å². The minimum absolute atomic E-state index is 0.270. The molecular formula is C16H17N3O2. The Morgan fingerprint density at radius 2 is 1.57 bits per heavy atom. The predicted molar refractivity (Wildman–Crippen MR) is 82.6 cm³/mol. The van der Waals surface area contributed by atoms with Crippen LogP contribution in [0.4, 0.5) is 5.69 Å². The Kier molecular flexibility index (Phi) is 5.06. The first kappa shape index (κ1) is 14.7. The molecule has 0 atom stereocenters. The van der Waals surface area contributed by atoms with Crippen molar-refractivity contribution in [1.82, 2.24) is 5.32 Å². The van der Waals surface area contributed by atoms with Gasteiger partial charge in [-0.15, -0.1) is 0 Å². The molecule has 0 saturated heterocycles. The van der Waals surface area contributed by atoms with Crippen LogP contribution in [-0.2, 0) is 9.59 Å². The molecule has 0 aliphatic carbocycles. The first-order valence-corrected chi connectivity index (χ1v) is 6.66. The minimum Gasteiger partial charge on any atom is -0.347 e. The fourth-order valence-electron chi connectivity index (χ4n) is 1.91. The van der Waals surface area contributed by atoms with Gasteiger partial charge in [0.15, 0.2) is 0 Å². The molecule has 108 valence electrons. The standard InChI is InChI=1S/C16H17N3O2/c17-10-11-18-15(20)16(21)19-14-9-5-4-8-13(14)12-6-2-1-3-7-12/h1-9H,10-11,17H2,(H,18,20)(H,19,21). The summed E-state index contributed by atoms with van der Waals surface area (Å²) in [4.78, 5) is 23.4. The quantitative estimate of drug-likeness (QED) is 0.741. The zero-order chi connectivity index (χ0) is 15.1. The Balaban J connectivity index is 2.18. The zero-order valence-corrected chi connectivity index (χ0v) is 11.5. The van der Waals surface area contributed by atoms with Gasteiger partial charge in [-0.1, -0.05) is 48.5 Å². The van der Waals surface area contributed by atoms with Crippen LogP contribution in [0.15, 0.2) is 54.6 Å². The van der Waals surface area contributed by atoms with Crippen LogP contribution in [0.2, 0.25) is 0 Å². The molecule has 0 aromatic heterocycles. The van der Waals surface area contributed by atoms with Crippen LogP contribution < -0.4 is 16.4 Å². The summed E-state index contributed by atoms with van der Waals surface area (Å²) in [6, 6.07) is 17.0. The minimum atomic E-state index is -0.702. The van der Waals surface area contributed by atoms with E-state index in [1.54, 1.807) is 12.1 Å². The number of amides is 2. The fraction of sp³-hybridized carbons (Fsp3) is 0.125. The van der Waals surface area contributed by atoms with Gasteiger partial charge in [0, 0.05) is 24.3 Å². The molecule has 2 amide bonds. The average Bonchev–Trinajstić information content (AvgIpc) is 2.54. The van der Waals surface area contributed by atoms with Crippen molar-refractivity contribution in [2.75, 3.05) is 18.4 Å². The molecule has 0 aliphatic rings. The molecule has 0 radical (unpaired) electrons. The number of para-hydroxylation sites is 1. The number of carbonyl (C=O) groups is 2. The van der Waals surface area contributed by atoms with E-state index in [4.69, 9.17) is 5.73 Å². The van der Waals surface area contributed by atoms with Gasteiger partial charge in [0.25, 0.3) is 0 Å². The van der Waals surface area contributed by atoms with Gasteiger partial charge in [0.1, 0.15) is 0 Å². The van der Waals surface area contributed by atoms with E-state index in [1.807, 2.05) is 42.5 Å². The Bertz CT molecular complexity index is 626. The van der Waals surface area contributed by atoms with Crippen LogP contribution in [-0.4, -0.2) is 24.9 Å². The molecule has 4 N–H and O–H groups in total. The van der Waals surface area contributed by atoms with E-state index in [0.29, 0.717) is 12.2 Å². The number of anilines is 1. The Hall–Kier alpha value is -2.66. The zero-order valence-electron chi connectivity index (χ0n) is 11.5. The van der Waals surface area contributed by atoms with E-state index in [9.17, 15) is 9.59 Å². The van der Waals surface area contributed by atoms with Gasteiger partial charge < -0.3 is 16.4 Å². The van der Waals surface area contributed by atoms with E-state index in [1.165, 1.54) is 0 Å². The van der Waals surface area contributed by atoms with Gasteiger partial charge in [0.2, 0.25) is 0 Å². The summed E-state index contributed by atoms with van der Waals surface area (Å²) >= 11 is 0. The highest BCUT2D eigenvalue weighted by atomic mass is 16.2. The van der Waals surface area contributed by atoms with E-state index in [-0.39, 0.29) is 6.54 Å². The predicted octanol–water partition coefficient (Wildman–Crippen LogP) is 1.37. The van der Waals surface area contributed by atoms with Crippen LogP contribution in [0.5, 0.6) is 0 Å². The number of hydrogen-bond acceptors (Lipinski definition) is 3. The number of nitrogens with two attached hydrogens (primary N) is 1. The molecule has 0 unspecified atom stereocenters. The van der Waals surface area contributed by atoms with E-state index in [0.717, 1.165) is 11.1 Å². The summed E-state index contributed by atoms with van der Waals surface area (Å²) in [5.74, 6) is -1.39. The highest BCUT2D eigenvalue weighted by Crippen LogP contribution is 2.27. The van der Waals surface area contributed by atoms with Crippen molar-refractivity contribution in [3.8, 4) is 11.1 Å². The molecule has 5 heteroatoms. The largest absolute Gasteiger partial charge is 0.347 e. The molecule has 0 saturated carbocycles. The maximum atomic E-state index is 11.8. The lowest BCUT2D eigenvalue weighted by Crippen LogP contribution is -2.38.